The molecule has 1 N–H and O–H groups in total. The zero-order valence-corrected chi connectivity index (χ0v) is 7.84. The van der Waals surface area contributed by atoms with Gasteiger partial charge in [-0.15, -0.1) is 0 Å². The third kappa shape index (κ3) is 3.14. The summed E-state index contributed by atoms with van der Waals surface area (Å²) in [5, 5.41) is 3.09. The maximum absolute atomic E-state index is 11.4. The van der Waals surface area contributed by atoms with Crippen molar-refractivity contribution in [1.29, 1.82) is 0 Å². The monoisotopic (exact) mass is 185 g/mol. The van der Waals surface area contributed by atoms with Crippen LogP contribution in [0.15, 0.2) is 0 Å². The molecule has 4 nitrogen and oxygen atoms in total. The number of ketones is 1. The molecule has 0 aliphatic carbocycles. The van der Waals surface area contributed by atoms with Gasteiger partial charge in [-0.2, -0.15) is 0 Å². The van der Waals surface area contributed by atoms with Crippen molar-refractivity contribution in [3.05, 3.63) is 0 Å². The SMILES string of the molecule is CCOC(=O)CC(=O)[C@@H]1CCNC1. The number of Topliss-reactive ketones (excluding diaryl/α,β-unsaturated/α-hetero) is 1. The number of ether oxygens (including phenoxy) is 1. The number of hydrogen-bond acceptors (Lipinski definition) is 4. The van der Waals surface area contributed by atoms with E-state index in [9.17, 15) is 9.59 Å². The van der Waals surface area contributed by atoms with Crippen LogP contribution in [-0.2, 0) is 14.3 Å². The molecule has 0 unspecified atom stereocenters. The Morgan fingerprint density at radius 1 is 1.54 bits per heavy atom. The highest BCUT2D eigenvalue weighted by Crippen LogP contribution is 2.10. The zero-order chi connectivity index (χ0) is 9.68. The van der Waals surface area contributed by atoms with E-state index in [0.29, 0.717) is 13.2 Å². The van der Waals surface area contributed by atoms with Crippen LogP contribution < -0.4 is 5.32 Å². The van der Waals surface area contributed by atoms with E-state index >= 15 is 0 Å². The van der Waals surface area contributed by atoms with Crippen molar-refractivity contribution in [1.82, 2.24) is 5.32 Å². The van der Waals surface area contributed by atoms with Crippen LogP contribution in [0.5, 0.6) is 0 Å². The predicted octanol–water partition coefficient (Wildman–Crippen LogP) is 0.118. The van der Waals surface area contributed by atoms with E-state index in [4.69, 9.17) is 4.74 Å². The molecule has 1 aliphatic heterocycles. The van der Waals surface area contributed by atoms with Crippen LogP contribution >= 0.6 is 0 Å². The van der Waals surface area contributed by atoms with Crippen molar-refractivity contribution in [2.75, 3.05) is 19.7 Å². The first-order valence-electron chi connectivity index (χ1n) is 4.63. The van der Waals surface area contributed by atoms with Crippen LogP contribution in [0, 0.1) is 5.92 Å². The number of esters is 1. The molecule has 1 fully saturated rings. The Bertz CT molecular complexity index is 197. The minimum absolute atomic E-state index is 0.00319. The van der Waals surface area contributed by atoms with Gasteiger partial charge < -0.3 is 10.1 Å². The Kier molecular flexibility index (Phi) is 3.89. The van der Waals surface area contributed by atoms with Crippen LogP contribution in [0.1, 0.15) is 19.8 Å². The van der Waals surface area contributed by atoms with Gasteiger partial charge in [-0.25, -0.2) is 0 Å². The second kappa shape index (κ2) is 4.97. The minimum atomic E-state index is -0.403. The Morgan fingerprint density at radius 2 is 2.31 bits per heavy atom. The molecule has 0 aromatic rings. The number of carbonyl (C=O) groups excluding carboxylic acids is 2. The van der Waals surface area contributed by atoms with Gasteiger partial charge in [0.15, 0.2) is 0 Å². The molecule has 0 saturated carbocycles. The van der Waals surface area contributed by atoms with Crippen LogP contribution in [0.2, 0.25) is 0 Å². The number of nitrogens with one attached hydrogen (secondary N) is 1. The van der Waals surface area contributed by atoms with Gasteiger partial charge in [0, 0.05) is 12.5 Å². The lowest BCUT2D eigenvalue weighted by atomic mass is 10.0. The molecule has 0 aromatic heterocycles. The number of hydrogen-bond donors (Lipinski definition) is 1. The molecule has 0 bridgehead atoms. The standard InChI is InChI=1S/C9H15NO3/c1-2-13-9(12)5-8(11)7-3-4-10-6-7/h7,10H,2-6H2,1H3/t7-/m1/s1. The smallest absolute Gasteiger partial charge is 0.313 e. The first-order valence-corrected chi connectivity index (χ1v) is 4.63. The number of carbonyl (C=O) groups is 2. The lowest BCUT2D eigenvalue weighted by Gasteiger charge is -2.05. The Morgan fingerprint density at radius 3 is 2.85 bits per heavy atom. The zero-order valence-electron chi connectivity index (χ0n) is 7.84. The van der Waals surface area contributed by atoms with E-state index in [1.165, 1.54) is 0 Å². The van der Waals surface area contributed by atoms with Crippen molar-refractivity contribution >= 4 is 11.8 Å². The van der Waals surface area contributed by atoms with Crippen LogP contribution in [0.3, 0.4) is 0 Å². The summed E-state index contributed by atoms with van der Waals surface area (Å²) < 4.78 is 4.69. The van der Waals surface area contributed by atoms with Crippen molar-refractivity contribution in [2.24, 2.45) is 5.92 Å². The summed E-state index contributed by atoms with van der Waals surface area (Å²) in [6.07, 6.45) is 0.776. The molecule has 0 spiro atoms. The van der Waals surface area contributed by atoms with E-state index in [0.717, 1.165) is 13.0 Å². The van der Waals surface area contributed by atoms with Gasteiger partial charge in [0.25, 0.3) is 0 Å². The lowest BCUT2D eigenvalue weighted by molar-refractivity contribution is -0.146. The molecular formula is C9H15NO3. The molecule has 1 atom stereocenters. The van der Waals surface area contributed by atoms with Gasteiger partial charge in [-0.3, -0.25) is 9.59 Å². The third-order valence-corrected chi connectivity index (χ3v) is 2.14. The summed E-state index contributed by atoms with van der Waals surface area (Å²) in [5.41, 5.74) is 0. The minimum Gasteiger partial charge on any atom is -0.466 e. The molecule has 1 aliphatic rings. The van der Waals surface area contributed by atoms with E-state index in [1.54, 1.807) is 6.92 Å². The summed E-state index contributed by atoms with van der Waals surface area (Å²) in [5.74, 6) is -0.382. The molecule has 1 rings (SSSR count). The highest BCUT2D eigenvalue weighted by Gasteiger charge is 2.24. The van der Waals surface area contributed by atoms with Crippen molar-refractivity contribution < 1.29 is 14.3 Å². The van der Waals surface area contributed by atoms with Crippen molar-refractivity contribution in [3.8, 4) is 0 Å². The highest BCUT2D eigenvalue weighted by atomic mass is 16.5. The lowest BCUT2D eigenvalue weighted by Crippen LogP contribution is -2.21. The number of rotatable bonds is 4. The van der Waals surface area contributed by atoms with Crippen molar-refractivity contribution in [2.45, 2.75) is 19.8 Å². The van der Waals surface area contributed by atoms with Gasteiger partial charge in [-0.1, -0.05) is 0 Å². The largest absolute Gasteiger partial charge is 0.466 e. The van der Waals surface area contributed by atoms with Crippen LogP contribution in [-0.4, -0.2) is 31.4 Å². The summed E-state index contributed by atoms with van der Waals surface area (Å²) in [6.45, 7) is 3.66. The van der Waals surface area contributed by atoms with Gasteiger partial charge >= 0.3 is 5.97 Å². The molecule has 0 amide bonds. The molecule has 4 heteroatoms. The van der Waals surface area contributed by atoms with Gasteiger partial charge in [0.1, 0.15) is 12.2 Å². The highest BCUT2D eigenvalue weighted by molar-refractivity contribution is 5.97. The predicted molar refractivity (Wildman–Crippen MR) is 47.2 cm³/mol. The molecule has 1 saturated heterocycles. The summed E-state index contributed by atoms with van der Waals surface area (Å²) >= 11 is 0. The Balaban J connectivity index is 2.27. The summed E-state index contributed by atoms with van der Waals surface area (Å²) in [6, 6.07) is 0. The normalized spacial score (nSPS) is 21.5. The Hall–Kier alpha value is -0.900. The van der Waals surface area contributed by atoms with E-state index in [-0.39, 0.29) is 18.1 Å². The van der Waals surface area contributed by atoms with E-state index in [1.807, 2.05) is 0 Å². The fourth-order valence-corrected chi connectivity index (χ4v) is 1.43. The third-order valence-electron chi connectivity index (χ3n) is 2.14. The topological polar surface area (TPSA) is 55.4 Å². The van der Waals surface area contributed by atoms with Gasteiger partial charge in [0.05, 0.1) is 6.61 Å². The molecule has 1 heterocycles. The van der Waals surface area contributed by atoms with Crippen LogP contribution in [0.4, 0.5) is 0 Å². The maximum atomic E-state index is 11.4. The average Bonchev–Trinajstić information content (AvgIpc) is 2.55. The van der Waals surface area contributed by atoms with Gasteiger partial charge in [0.2, 0.25) is 0 Å². The van der Waals surface area contributed by atoms with Crippen molar-refractivity contribution in [3.63, 3.8) is 0 Å². The fraction of sp³-hybridized carbons (Fsp3) is 0.778. The first kappa shape index (κ1) is 10.2. The van der Waals surface area contributed by atoms with Crippen LogP contribution in [0.25, 0.3) is 0 Å². The van der Waals surface area contributed by atoms with E-state index in [2.05, 4.69) is 5.32 Å². The second-order valence-corrected chi connectivity index (χ2v) is 3.14. The molecule has 74 valence electrons. The molecular weight excluding hydrogens is 170 g/mol. The summed E-state index contributed by atoms with van der Waals surface area (Å²) in [7, 11) is 0. The van der Waals surface area contributed by atoms with Gasteiger partial charge in [-0.05, 0) is 19.9 Å². The molecule has 13 heavy (non-hydrogen) atoms. The fourth-order valence-electron chi connectivity index (χ4n) is 1.43. The molecule has 0 radical (unpaired) electrons. The maximum Gasteiger partial charge on any atom is 0.313 e. The summed E-state index contributed by atoms with van der Waals surface area (Å²) in [4.78, 5) is 22.3. The molecule has 0 aromatic carbocycles. The first-order chi connectivity index (χ1) is 6.24. The quantitative estimate of drug-likeness (QED) is 0.499. The Labute approximate surface area is 77.6 Å². The average molecular weight is 185 g/mol. The second-order valence-electron chi connectivity index (χ2n) is 3.14. The van der Waals surface area contributed by atoms with E-state index < -0.39 is 5.97 Å².